The normalized spacial score (nSPS) is 16.2. The second-order valence-electron chi connectivity index (χ2n) is 3.62. The highest BCUT2D eigenvalue weighted by Gasteiger charge is 2.51. The van der Waals surface area contributed by atoms with E-state index in [0.29, 0.717) is 26.0 Å². The second kappa shape index (κ2) is 9.24. The van der Waals surface area contributed by atoms with E-state index in [9.17, 15) is 9.13 Å². The zero-order valence-electron chi connectivity index (χ0n) is 11.4. The van der Waals surface area contributed by atoms with E-state index in [-0.39, 0.29) is 13.2 Å². The topological polar surface area (TPSA) is 87.9 Å². The lowest BCUT2D eigenvalue weighted by Gasteiger charge is -2.34. The van der Waals surface area contributed by atoms with Gasteiger partial charge in [-0.2, -0.15) is 0 Å². The standard InChI is InChI=1S/C10H25NO5P2/c1-4-14-10(17-12,8-7-9-11)18(13,15-5-2)16-6-3/h4-9,11,17H2,1-3H3/t10-/m1/s1. The minimum atomic E-state index is -3.56. The van der Waals surface area contributed by atoms with Crippen LogP contribution in [0.2, 0.25) is 0 Å². The Bertz CT molecular complexity index is 279. The average Bonchev–Trinajstić information content (AvgIpc) is 2.35. The molecule has 0 aromatic rings. The molecule has 0 aromatic carbocycles. The van der Waals surface area contributed by atoms with Crippen molar-refractivity contribution in [2.75, 3.05) is 26.4 Å². The minimum absolute atomic E-state index is 0.216. The summed E-state index contributed by atoms with van der Waals surface area (Å²) in [5.74, 6) is 0. The summed E-state index contributed by atoms with van der Waals surface area (Å²) in [6.07, 6.45) is 0.868. The molecule has 0 amide bonds. The molecule has 6 nitrogen and oxygen atoms in total. The molecule has 0 heterocycles. The lowest BCUT2D eigenvalue weighted by atomic mass is 10.3. The van der Waals surface area contributed by atoms with Crippen molar-refractivity contribution in [2.24, 2.45) is 5.73 Å². The van der Waals surface area contributed by atoms with Crippen LogP contribution >= 0.6 is 16.1 Å². The number of hydrogen-bond acceptors (Lipinski definition) is 6. The van der Waals surface area contributed by atoms with Crippen molar-refractivity contribution >= 4 is 16.1 Å². The maximum Gasteiger partial charge on any atom is 0.369 e. The van der Waals surface area contributed by atoms with Crippen molar-refractivity contribution in [1.29, 1.82) is 0 Å². The van der Waals surface area contributed by atoms with Crippen LogP contribution in [0.5, 0.6) is 0 Å². The summed E-state index contributed by atoms with van der Waals surface area (Å²) >= 11 is 0. The van der Waals surface area contributed by atoms with Gasteiger partial charge in [0.1, 0.15) is 8.46 Å². The molecular weight excluding hydrogens is 276 g/mol. The van der Waals surface area contributed by atoms with Crippen molar-refractivity contribution in [3.63, 3.8) is 0 Å². The van der Waals surface area contributed by atoms with Gasteiger partial charge in [0.05, 0.1) is 13.2 Å². The van der Waals surface area contributed by atoms with Gasteiger partial charge < -0.3 is 24.1 Å². The van der Waals surface area contributed by atoms with Crippen LogP contribution in [0.3, 0.4) is 0 Å². The van der Waals surface area contributed by atoms with Crippen LogP contribution in [-0.4, -0.2) is 31.4 Å². The van der Waals surface area contributed by atoms with E-state index in [1.165, 1.54) is 0 Å². The van der Waals surface area contributed by atoms with Gasteiger partial charge in [-0.25, -0.2) is 0 Å². The Morgan fingerprint density at radius 1 is 1.17 bits per heavy atom. The largest absolute Gasteiger partial charge is 0.369 e. The Labute approximate surface area is 110 Å². The predicted molar refractivity (Wildman–Crippen MR) is 73.9 cm³/mol. The first kappa shape index (κ1) is 18.3. The van der Waals surface area contributed by atoms with E-state index in [2.05, 4.69) is 0 Å². The fourth-order valence-corrected chi connectivity index (χ4v) is 5.08. The maximum absolute atomic E-state index is 12.8. The van der Waals surface area contributed by atoms with Gasteiger partial charge in [0.2, 0.25) is 5.08 Å². The van der Waals surface area contributed by atoms with Gasteiger partial charge in [-0.1, -0.05) is 0 Å². The highest BCUT2D eigenvalue weighted by atomic mass is 31.2. The molecule has 18 heavy (non-hydrogen) atoms. The fourth-order valence-electron chi connectivity index (χ4n) is 1.65. The highest BCUT2D eigenvalue weighted by molar-refractivity contribution is 7.64. The van der Waals surface area contributed by atoms with Gasteiger partial charge in [0.15, 0.2) is 0 Å². The molecule has 1 unspecified atom stereocenters. The second-order valence-corrected chi connectivity index (χ2v) is 7.54. The van der Waals surface area contributed by atoms with Crippen molar-refractivity contribution in [3.05, 3.63) is 0 Å². The average molecular weight is 301 g/mol. The summed E-state index contributed by atoms with van der Waals surface area (Å²) in [6.45, 7) is 6.32. The Hall–Kier alpha value is 0.300. The summed E-state index contributed by atoms with van der Waals surface area (Å²) in [5.41, 5.74) is 5.46. The molecule has 0 saturated heterocycles. The smallest absolute Gasteiger partial charge is 0.356 e. The Balaban J connectivity index is 5.30. The Morgan fingerprint density at radius 2 is 1.72 bits per heavy atom. The molecule has 0 radical (unpaired) electrons. The molecule has 0 rings (SSSR count). The molecule has 110 valence electrons. The Kier molecular flexibility index (Phi) is 9.40. The fraction of sp³-hybridized carbons (Fsp3) is 1.00. The molecule has 2 atom stereocenters. The third-order valence-electron chi connectivity index (χ3n) is 2.38. The maximum atomic E-state index is 12.8. The van der Waals surface area contributed by atoms with E-state index < -0.39 is 21.1 Å². The number of nitrogens with two attached hydrogens (primary N) is 1. The summed E-state index contributed by atoms with van der Waals surface area (Å²) in [6, 6.07) is 0. The van der Waals surface area contributed by atoms with Gasteiger partial charge in [-0.05, 0) is 40.2 Å². The molecule has 0 aliphatic rings. The highest BCUT2D eigenvalue weighted by Crippen LogP contribution is 2.66. The summed E-state index contributed by atoms with van der Waals surface area (Å²) in [5, 5.41) is -1.34. The molecule has 0 bridgehead atoms. The molecule has 0 aromatic heterocycles. The zero-order chi connectivity index (χ0) is 14.1. The van der Waals surface area contributed by atoms with Gasteiger partial charge >= 0.3 is 7.60 Å². The van der Waals surface area contributed by atoms with Crippen LogP contribution in [0.4, 0.5) is 0 Å². The molecular formula is C10H25NO5P2. The summed E-state index contributed by atoms with van der Waals surface area (Å²) in [7, 11) is -5.02. The lowest BCUT2D eigenvalue weighted by molar-refractivity contribution is 0.0462. The molecule has 0 spiro atoms. The zero-order valence-corrected chi connectivity index (χ0v) is 13.4. The van der Waals surface area contributed by atoms with Crippen molar-refractivity contribution in [3.8, 4) is 0 Å². The van der Waals surface area contributed by atoms with Gasteiger partial charge in [0.25, 0.3) is 0 Å². The predicted octanol–water partition coefficient (Wildman–Crippen LogP) is 2.44. The minimum Gasteiger partial charge on any atom is -0.356 e. The van der Waals surface area contributed by atoms with E-state index >= 15 is 0 Å². The van der Waals surface area contributed by atoms with E-state index in [4.69, 9.17) is 19.5 Å². The SMILES string of the molecule is CCO[C@](CCCN)([PH2]=O)P(=O)(OCC)OCC. The quantitative estimate of drug-likeness (QED) is 0.590. The van der Waals surface area contributed by atoms with E-state index in [1.807, 2.05) is 0 Å². The van der Waals surface area contributed by atoms with Crippen LogP contribution < -0.4 is 5.73 Å². The van der Waals surface area contributed by atoms with E-state index in [1.54, 1.807) is 20.8 Å². The first-order chi connectivity index (χ1) is 8.55. The number of ether oxygens (including phenoxy) is 1. The first-order valence-corrected chi connectivity index (χ1v) is 8.84. The molecule has 0 aliphatic carbocycles. The van der Waals surface area contributed by atoms with Crippen molar-refractivity contribution in [2.45, 2.75) is 38.7 Å². The van der Waals surface area contributed by atoms with Crippen LogP contribution in [0, 0.1) is 0 Å². The van der Waals surface area contributed by atoms with Crippen molar-refractivity contribution in [1.82, 2.24) is 0 Å². The third-order valence-corrected chi connectivity index (χ3v) is 6.94. The van der Waals surface area contributed by atoms with Crippen molar-refractivity contribution < 1.29 is 22.9 Å². The van der Waals surface area contributed by atoms with Crippen LogP contribution in [-0.2, 0) is 22.9 Å². The number of rotatable bonds is 11. The third kappa shape index (κ3) is 4.44. The van der Waals surface area contributed by atoms with Crippen LogP contribution in [0.25, 0.3) is 0 Å². The molecule has 0 aliphatic heterocycles. The monoisotopic (exact) mass is 301 g/mol. The lowest BCUT2D eigenvalue weighted by Crippen LogP contribution is -2.29. The molecule has 0 fully saturated rings. The molecule has 8 heteroatoms. The van der Waals surface area contributed by atoms with Crippen LogP contribution in [0.15, 0.2) is 0 Å². The molecule has 0 saturated carbocycles. The van der Waals surface area contributed by atoms with Crippen LogP contribution in [0.1, 0.15) is 33.6 Å². The molecule has 2 N–H and O–H groups in total. The number of hydrogen-bond donors (Lipinski definition) is 1. The Morgan fingerprint density at radius 3 is 2.06 bits per heavy atom. The van der Waals surface area contributed by atoms with Gasteiger partial charge in [0, 0.05) is 6.61 Å². The summed E-state index contributed by atoms with van der Waals surface area (Å²) < 4.78 is 40.4. The van der Waals surface area contributed by atoms with E-state index in [0.717, 1.165) is 0 Å². The van der Waals surface area contributed by atoms with Gasteiger partial charge in [-0.15, -0.1) is 0 Å². The van der Waals surface area contributed by atoms with Gasteiger partial charge in [-0.3, -0.25) is 4.57 Å². The summed E-state index contributed by atoms with van der Waals surface area (Å²) in [4.78, 5) is 0. The first-order valence-electron chi connectivity index (χ1n) is 6.25.